The van der Waals surface area contributed by atoms with Crippen molar-refractivity contribution in [2.45, 2.75) is 27.7 Å². The van der Waals surface area contributed by atoms with Crippen molar-refractivity contribution >= 4 is 11.6 Å². The third-order valence-electron chi connectivity index (χ3n) is 3.35. The molecule has 2 aromatic rings. The molecule has 2 rings (SSSR count). The smallest absolute Gasteiger partial charge is 0.262 e. The average molecular weight is 283 g/mol. The molecule has 0 atom stereocenters. The molecule has 1 N–H and O–H groups in total. The maximum absolute atomic E-state index is 11.9. The van der Waals surface area contributed by atoms with Gasteiger partial charge in [-0.25, -0.2) is 0 Å². The van der Waals surface area contributed by atoms with Gasteiger partial charge >= 0.3 is 0 Å². The van der Waals surface area contributed by atoms with Gasteiger partial charge in [0.15, 0.2) is 6.61 Å². The third-order valence-corrected chi connectivity index (χ3v) is 3.35. The molecule has 1 amide bonds. The quantitative estimate of drug-likeness (QED) is 0.923. The van der Waals surface area contributed by atoms with E-state index in [1.165, 1.54) is 5.56 Å². The second-order valence-corrected chi connectivity index (χ2v) is 5.46. The topological polar surface area (TPSA) is 38.3 Å². The van der Waals surface area contributed by atoms with E-state index < -0.39 is 0 Å². The van der Waals surface area contributed by atoms with Crippen molar-refractivity contribution in [3.05, 3.63) is 58.7 Å². The van der Waals surface area contributed by atoms with Crippen molar-refractivity contribution in [3.63, 3.8) is 0 Å². The second-order valence-electron chi connectivity index (χ2n) is 5.46. The van der Waals surface area contributed by atoms with Gasteiger partial charge in [0, 0.05) is 5.69 Å². The number of carbonyl (C=O) groups excluding carboxylic acids is 1. The lowest BCUT2D eigenvalue weighted by Crippen LogP contribution is -2.20. The summed E-state index contributed by atoms with van der Waals surface area (Å²) in [6.45, 7) is 8.10. The van der Waals surface area contributed by atoms with Crippen LogP contribution in [0, 0.1) is 27.7 Å². The van der Waals surface area contributed by atoms with E-state index in [1.807, 2.05) is 58.0 Å². The molecule has 0 saturated heterocycles. The Morgan fingerprint density at radius 2 is 1.62 bits per heavy atom. The number of hydrogen-bond donors (Lipinski definition) is 1. The fourth-order valence-corrected chi connectivity index (χ4v) is 2.20. The normalized spacial score (nSPS) is 10.3. The Hall–Kier alpha value is -2.29. The average Bonchev–Trinajstić information content (AvgIpc) is 2.39. The van der Waals surface area contributed by atoms with Crippen LogP contribution in [0.2, 0.25) is 0 Å². The highest BCUT2D eigenvalue weighted by molar-refractivity contribution is 5.92. The zero-order valence-corrected chi connectivity index (χ0v) is 13.0. The van der Waals surface area contributed by atoms with Crippen molar-refractivity contribution in [3.8, 4) is 5.75 Å². The number of hydrogen-bond acceptors (Lipinski definition) is 2. The molecular weight excluding hydrogens is 262 g/mol. The van der Waals surface area contributed by atoms with Crippen LogP contribution < -0.4 is 10.1 Å². The molecular formula is C18H21NO2. The number of anilines is 1. The van der Waals surface area contributed by atoms with Gasteiger partial charge in [-0.1, -0.05) is 12.1 Å². The summed E-state index contributed by atoms with van der Waals surface area (Å²) in [5.74, 6) is 0.562. The van der Waals surface area contributed by atoms with Crippen molar-refractivity contribution < 1.29 is 9.53 Å². The fraction of sp³-hybridized carbons (Fsp3) is 0.278. The van der Waals surface area contributed by atoms with Crippen LogP contribution >= 0.6 is 0 Å². The zero-order chi connectivity index (χ0) is 15.4. The van der Waals surface area contributed by atoms with Gasteiger partial charge in [-0.15, -0.1) is 0 Å². The maximum Gasteiger partial charge on any atom is 0.262 e. The number of nitrogens with one attached hydrogen (secondary N) is 1. The molecule has 0 saturated carbocycles. The molecule has 3 heteroatoms. The zero-order valence-electron chi connectivity index (χ0n) is 13.0. The molecule has 0 heterocycles. The summed E-state index contributed by atoms with van der Waals surface area (Å²) in [7, 11) is 0. The minimum atomic E-state index is -0.154. The molecule has 0 unspecified atom stereocenters. The molecule has 0 aliphatic carbocycles. The first-order valence-electron chi connectivity index (χ1n) is 7.02. The van der Waals surface area contributed by atoms with E-state index in [9.17, 15) is 4.79 Å². The molecule has 0 aliphatic rings. The van der Waals surface area contributed by atoms with Gasteiger partial charge in [-0.2, -0.15) is 0 Å². The van der Waals surface area contributed by atoms with Gasteiger partial charge in [0.2, 0.25) is 0 Å². The van der Waals surface area contributed by atoms with E-state index in [-0.39, 0.29) is 12.5 Å². The Balaban J connectivity index is 1.94. The standard InChI is InChI=1S/C18H21NO2/c1-12-7-13(2)9-16(8-12)19-18(20)11-21-17-6-5-14(3)15(4)10-17/h5-10H,11H2,1-4H3,(H,19,20). The van der Waals surface area contributed by atoms with Crippen LogP contribution in [0.4, 0.5) is 5.69 Å². The van der Waals surface area contributed by atoms with Gasteiger partial charge < -0.3 is 10.1 Å². The van der Waals surface area contributed by atoms with E-state index in [4.69, 9.17) is 4.74 Å². The molecule has 110 valence electrons. The summed E-state index contributed by atoms with van der Waals surface area (Å²) in [5.41, 5.74) is 5.42. The number of rotatable bonds is 4. The summed E-state index contributed by atoms with van der Waals surface area (Å²) in [4.78, 5) is 11.9. The Morgan fingerprint density at radius 3 is 2.24 bits per heavy atom. The van der Waals surface area contributed by atoms with E-state index >= 15 is 0 Å². The van der Waals surface area contributed by atoms with Crippen molar-refractivity contribution in [1.29, 1.82) is 0 Å². The van der Waals surface area contributed by atoms with E-state index in [1.54, 1.807) is 0 Å². The van der Waals surface area contributed by atoms with Gasteiger partial charge in [-0.3, -0.25) is 4.79 Å². The SMILES string of the molecule is Cc1cc(C)cc(NC(=O)COc2ccc(C)c(C)c2)c1. The number of benzene rings is 2. The van der Waals surface area contributed by atoms with E-state index in [0.717, 1.165) is 22.4 Å². The number of ether oxygens (including phenoxy) is 1. The number of aryl methyl sites for hydroxylation is 4. The van der Waals surface area contributed by atoms with Gasteiger partial charge in [-0.05, 0) is 74.2 Å². The summed E-state index contributed by atoms with van der Waals surface area (Å²) in [6.07, 6.45) is 0. The first kappa shape index (κ1) is 15.1. The molecule has 0 aromatic heterocycles. The Kier molecular flexibility index (Phi) is 4.63. The maximum atomic E-state index is 11.9. The van der Waals surface area contributed by atoms with Crippen LogP contribution in [0.1, 0.15) is 22.3 Å². The van der Waals surface area contributed by atoms with Crippen LogP contribution in [0.5, 0.6) is 5.75 Å². The minimum absolute atomic E-state index is 0.00942. The monoisotopic (exact) mass is 283 g/mol. The van der Waals surface area contributed by atoms with E-state index in [0.29, 0.717) is 5.75 Å². The highest BCUT2D eigenvalue weighted by Crippen LogP contribution is 2.17. The van der Waals surface area contributed by atoms with Gasteiger partial charge in [0.05, 0.1) is 0 Å². The second kappa shape index (κ2) is 6.44. The fourth-order valence-electron chi connectivity index (χ4n) is 2.20. The van der Waals surface area contributed by atoms with Crippen molar-refractivity contribution in [2.75, 3.05) is 11.9 Å². The van der Waals surface area contributed by atoms with Gasteiger partial charge in [0.1, 0.15) is 5.75 Å². The molecule has 0 bridgehead atoms. The predicted molar refractivity (Wildman–Crippen MR) is 86.0 cm³/mol. The van der Waals surface area contributed by atoms with Crippen LogP contribution in [0.25, 0.3) is 0 Å². The lowest BCUT2D eigenvalue weighted by molar-refractivity contribution is -0.118. The molecule has 0 radical (unpaired) electrons. The van der Waals surface area contributed by atoms with Crippen LogP contribution in [-0.4, -0.2) is 12.5 Å². The highest BCUT2D eigenvalue weighted by Gasteiger charge is 2.05. The van der Waals surface area contributed by atoms with Gasteiger partial charge in [0.25, 0.3) is 5.91 Å². The molecule has 0 spiro atoms. The Morgan fingerprint density at radius 1 is 0.952 bits per heavy atom. The molecule has 3 nitrogen and oxygen atoms in total. The largest absolute Gasteiger partial charge is 0.484 e. The summed E-state index contributed by atoms with van der Waals surface area (Å²) >= 11 is 0. The van der Waals surface area contributed by atoms with E-state index in [2.05, 4.69) is 11.4 Å². The molecule has 21 heavy (non-hydrogen) atoms. The molecule has 0 fully saturated rings. The number of carbonyl (C=O) groups is 1. The summed E-state index contributed by atoms with van der Waals surface area (Å²) in [5, 5.41) is 2.86. The predicted octanol–water partition coefficient (Wildman–Crippen LogP) is 3.94. The minimum Gasteiger partial charge on any atom is -0.484 e. The lowest BCUT2D eigenvalue weighted by atomic mass is 10.1. The summed E-state index contributed by atoms with van der Waals surface area (Å²) < 4.78 is 5.52. The van der Waals surface area contributed by atoms with Crippen LogP contribution in [0.15, 0.2) is 36.4 Å². The first-order valence-corrected chi connectivity index (χ1v) is 7.02. The Labute approximate surface area is 126 Å². The van der Waals surface area contributed by atoms with Crippen LogP contribution in [-0.2, 0) is 4.79 Å². The van der Waals surface area contributed by atoms with Crippen molar-refractivity contribution in [1.82, 2.24) is 0 Å². The number of amides is 1. The highest BCUT2D eigenvalue weighted by atomic mass is 16.5. The molecule has 2 aromatic carbocycles. The van der Waals surface area contributed by atoms with Crippen molar-refractivity contribution in [2.24, 2.45) is 0 Å². The third kappa shape index (κ3) is 4.35. The summed E-state index contributed by atoms with van der Waals surface area (Å²) in [6, 6.07) is 11.8. The van der Waals surface area contributed by atoms with Crippen LogP contribution in [0.3, 0.4) is 0 Å². The molecule has 0 aliphatic heterocycles. The Bertz CT molecular complexity index is 642. The lowest BCUT2D eigenvalue weighted by Gasteiger charge is -2.10. The first-order chi connectivity index (χ1) is 9.94.